The molecule has 0 saturated heterocycles. The number of aliphatic hydroxyl groups is 1. The average Bonchev–Trinajstić information content (AvgIpc) is 3.51. The highest BCUT2D eigenvalue weighted by molar-refractivity contribution is 7.92. The summed E-state index contributed by atoms with van der Waals surface area (Å²) in [5, 5.41) is 13.4. The van der Waals surface area contributed by atoms with E-state index in [0.29, 0.717) is 42.2 Å². The van der Waals surface area contributed by atoms with Crippen molar-refractivity contribution in [1.29, 1.82) is 0 Å². The van der Waals surface area contributed by atoms with Gasteiger partial charge in [-0.05, 0) is 78.7 Å². The van der Waals surface area contributed by atoms with Crippen LogP contribution in [0.5, 0.6) is 0 Å². The quantitative estimate of drug-likeness (QED) is 0.169. The number of nitrogens with zero attached hydrogens (tertiary/aromatic N) is 2. The number of hydroxylamine groups is 1. The molecular weight excluding hydrogens is 573 g/mol. The summed E-state index contributed by atoms with van der Waals surface area (Å²) in [6.45, 7) is 1.06. The Morgan fingerprint density at radius 1 is 1.02 bits per heavy atom. The lowest BCUT2D eigenvalue weighted by Crippen LogP contribution is -2.23. The van der Waals surface area contributed by atoms with E-state index in [1.165, 1.54) is 31.4 Å². The fourth-order valence-corrected chi connectivity index (χ4v) is 5.60. The van der Waals surface area contributed by atoms with Crippen LogP contribution in [0.15, 0.2) is 107 Å². The summed E-state index contributed by atoms with van der Waals surface area (Å²) in [7, 11) is -2.31. The maximum Gasteiger partial charge on any atom is 0.261 e. The van der Waals surface area contributed by atoms with E-state index in [9.17, 15) is 17.9 Å². The molecule has 43 heavy (non-hydrogen) atoms. The molecule has 4 aromatic rings. The number of hydrogen-bond acceptors (Lipinski definition) is 9. The average molecular weight is 606 g/mol. The van der Waals surface area contributed by atoms with Crippen LogP contribution in [0.25, 0.3) is 0 Å². The van der Waals surface area contributed by atoms with Gasteiger partial charge in [0.2, 0.25) is 6.23 Å². The number of benzene rings is 3. The SMILES string of the molecule is COC(c1ccc(F)cc1)C1N=C(c2ccc(S(=O)(=O)Nc3ccc(CCNCC(O)c4cccnc4)cc3)cc2)NO1. The van der Waals surface area contributed by atoms with Gasteiger partial charge in [0.15, 0.2) is 5.84 Å². The number of rotatable bonds is 13. The topological polar surface area (TPSA) is 134 Å². The molecule has 4 N–H and O–H groups in total. The second-order valence-electron chi connectivity index (χ2n) is 9.88. The second-order valence-corrected chi connectivity index (χ2v) is 11.6. The van der Waals surface area contributed by atoms with Gasteiger partial charge >= 0.3 is 0 Å². The molecule has 0 aliphatic carbocycles. The first kappa shape index (κ1) is 30.3. The summed E-state index contributed by atoms with van der Waals surface area (Å²) in [5.74, 6) is 0.0661. The van der Waals surface area contributed by atoms with E-state index in [2.05, 4.69) is 25.5 Å². The van der Waals surface area contributed by atoms with E-state index in [0.717, 1.165) is 11.1 Å². The summed E-state index contributed by atoms with van der Waals surface area (Å²) in [5.41, 5.74) is 6.32. The summed E-state index contributed by atoms with van der Waals surface area (Å²) in [6, 6.07) is 22.9. The fourth-order valence-electron chi connectivity index (χ4n) is 4.54. The second kappa shape index (κ2) is 13.8. The molecular formula is C31H32FN5O5S. The standard InChI is InChI=1S/C31H32FN5O5S/c1-41-29(22-6-10-25(32)11-7-22)31-35-30(36-42-31)23-8-14-27(15-9-23)43(39,40)37-26-12-4-21(5-13-26)16-18-34-20-28(38)24-3-2-17-33-19-24/h2-15,17,19,28-29,31,34,37-38H,16,18,20H2,1H3,(H,35,36). The van der Waals surface area contributed by atoms with Crippen LogP contribution >= 0.6 is 0 Å². The molecule has 0 fully saturated rings. The normalized spacial score (nSPS) is 16.3. The summed E-state index contributed by atoms with van der Waals surface area (Å²) in [4.78, 5) is 14.2. The summed E-state index contributed by atoms with van der Waals surface area (Å²) >= 11 is 0. The maximum absolute atomic E-state index is 13.3. The highest BCUT2D eigenvalue weighted by Gasteiger charge is 2.29. The number of aromatic nitrogens is 1. The van der Waals surface area contributed by atoms with Crippen molar-refractivity contribution in [2.75, 3.05) is 24.9 Å². The minimum atomic E-state index is -3.83. The van der Waals surface area contributed by atoms with Crippen LogP contribution < -0.4 is 15.5 Å². The van der Waals surface area contributed by atoms with Gasteiger partial charge in [0.1, 0.15) is 11.9 Å². The number of sulfonamides is 1. The molecule has 2 heterocycles. The molecule has 1 aliphatic rings. The Bertz CT molecular complexity index is 1620. The van der Waals surface area contributed by atoms with Gasteiger partial charge in [0, 0.05) is 42.9 Å². The van der Waals surface area contributed by atoms with Crippen LogP contribution in [-0.4, -0.2) is 50.8 Å². The van der Waals surface area contributed by atoms with Crippen LogP contribution in [0.4, 0.5) is 10.1 Å². The smallest absolute Gasteiger partial charge is 0.261 e. The molecule has 3 unspecified atom stereocenters. The molecule has 224 valence electrons. The van der Waals surface area contributed by atoms with E-state index in [1.54, 1.807) is 54.9 Å². The van der Waals surface area contributed by atoms with Crippen LogP contribution in [0.1, 0.15) is 34.5 Å². The van der Waals surface area contributed by atoms with Gasteiger partial charge in [-0.15, -0.1) is 0 Å². The van der Waals surface area contributed by atoms with Gasteiger partial charge in [-0.2, -0.15) is 0 Å². The first-order valence-electron chi connectivity index (χ1n) is 13.6. The van der Waals surface area contributed by atoms with Gasteiger partial charge in [-0.25, -0.2) is 28.1 Å². The third-order valence-corrected chi connectivity index (χ3v) is 8.28. The maximum atomic E-state index is 13.3. The Balaban J connectivity index is 1.14. The van der Waals surface area contributed by atoms with E-state index in [-0.39, 0.29) is 10.7 Å². The number of ether oxygens (including phenoxy) is 1. The fraction of sp³-hybridized carbons (Fsp3) is 0.226. The lowest BCUT2D eigenvalue weighted by molar-refractivity contribution is -0.0629. The number of anilines is 1. The molecule has 1 aliphatic heterocycles. The number of hydrogen-bond donors (Lipinski definition) is 4. The van der Waals surface area contributed by atoms with Crippen LogP contribution in [0.3, 0.4) is 0 Å². The molecule has 0 amide bonds. The van der Waals surface area contributed by atoms with Crippen LogP contribution in [0.2, 0.25) is 0 Å². The van der Waals surface area contributed by atoms with E-state index in [1.807, 2.05) is 18.2 Å². The molecule has 10 nitrogen and oxygen atoms in total. The highest BCUT2D eigenvalue weighted by atomic mass is 32.2. The van der Waals surface area contributed by atoms with Crippen molar-refractivity contribution in [3.05, 3.63) is 125 Å². The van der Waals surface area contributed by atoms with Crippen molar-refractivity contribution in [1.82, 2.24) is 15.8 Å². The molecule has 1 aromatic heterocycles. The van der Waals surface area contributed by atoms with Crippen LogP contribution in [0, 0.1) is 5.82 Å². The number of methoxy groups -OCH3 is 1. The van der Waals surface area contributed by atoms with Crippen molar-refractivity contribution >= 4 is 21.5 Å². The van der Waals surface area contributed by atoms with Crippen molar-refractivity contribution < 1.29 is 27.5 Å². The number of nitrogens with one attached hydrogen (secondary N) is 3. The summed E-state index contributed by atoms with van der Waals surface area (Å²) < 4.78 is 47.5. The van der Waals surface area contributed by atoms with Crippen molar-refractivity contribution in [2.45, 2.75) is 29.8 Å². The number of aliphatic hydroxyl groups excluding tert-OH is 1. The first-order valence-corrected chi connectivity index (χ1v) is 15.1. The van der Waals surface area contributed by atoms with Gasteiger partial charge in [0.05, 0.1) is 11.0 Å². The van der Waals surface area contributed by atoms with Crippen molar-refractivity contribution in [3.8, 4) is 0 Å². The number of pyridine rings is 1. The predicted molar refractivity (Wildman–Crippen MR) is 160 cm³/mol. The van der Waals surface area contributed by atoms with E-state index >= 15 is 0 Å². The van der Waals surface area contributed by atoms with Crippen molar-refractivity contribution in [3.63, 3.8) is 0 Å². The molecule has 0 spiro atoms. The first-order chi connectivity index (χ1) is 20.8. The Morgan fingerprint density at radius 3 is 2.44 bits per heavy atom. The third-order valence-electron chi connectivity index (χ3n) is 6.89. The van der Waals surface area contributed by atoms with Gasteiger partial charge < -0.3 is 15.2 Å². The zero-order valence-corrected chi connectivity index (χ0v) is 24.2. The highest BCUT2D eigenvalue weighted by Crippen LogP contribution is 2.27. The molecule has 3 aromatic carbocycles. The van der Waals surface area contributed by atoms with Crippen LogP contribution in [-0.2, 0) is 26.0 Å². The zero-order chi connectivity index (χ0) is 30.2. The lowest BCUT2D eigenvalue weighted by Gasteiger charge is -2.18. The van der Waals surface area contributed by atoms with Gasteiger partial charge in [-0.3, -0.25) is 9.71 Å². The Labute approximate surface area is 249 Å². The molecule has 0 radical (unpaired) electrons. The minimum absolute atomic E-state index is 0.0915. The minimum Gasteiger partial charge on any atom is -0.387 e. The van der Waals surface area contributed by atoms with E-state index in [4.69, 9.17) is 9.57 Å². The molecule has 0 saturated carbocycles. The number of aliphatic imine (C=N–C) groups is 1. The number of amidine groups is 1. The largest absolute Gasteiger partial charge is 0.387 e. The molecule has 3 atom stereocenters. The van der Waals surface area contributed by atoms with Gasteiger partial charge in [0.25, 0.3) is 10.0 Å². The molecule has 0 bridgehead atoms. The molecule has 12 heteroatoms. The third kappa shape index (κ3) is 7.80. The monoisotopic (exact) mass is 605 g/mol. The predicted octanol–water partition coefficient (Wildman–Crippen LogP) is 3.88. The number of halogens is 1. The van der Waals surface area contributed by atoms with Crippen molar-refractivity contribution in [2.24, 2.45) is 4.99 Å². The Morgan fingerprint density at radius 2 is 1.77 bits per heavy atom. The van der Waals surface area contributed by atoms with Gasteiger partial charge in [-0.1, -0.05) is 30.3 Å². The lowest BCUT2D eigenvalue weighted by atomic mass is 10.1. The summed E-state index contributed by atoms with van der Waals surface area (Å²) in [6.07, 6.45) is 2.10. The Hall–Kier alpha value is -4.20. The zero-order valence-electron chi connectivity index (χ0n) is 23.4. The Kier molecular flexibility index (Phi) is 9.75. The molecule has 5 rings (SSSR count). The van der Waals surface area contributed by atoms with E-state index < -0.39 is 28.5 Å².